The molecular weight excluding hydrogens is 190 g/mol. The number of amides is 1. The first-order chi connectivity index (χ1) is 7.16. The normalized spacial score (nSPS) is 10.0. The van der Waals surface area contributed by atoms with Crippen LogP contribution in [-0.4, -0.2) is 18.2 Å². The summed E-state index contributed by atoms with van der Waals surface area (Å²) in [5, 5.41) is 2.87. The van der Waals surface area contributed by atoms with Gasteiger partial charge in [-0.3, -0.25) is 4.79 Å². The third kappa shape index (κ3) is 11.1. The maximum atomic E-state index is 11.2. The number of unbranched alkanes of at least 4 members (excludes halogenated alkanes) is 3. The predicted octanol–water partition coefficient (Wildman–Crippen LogP) is 2.44. The third-order valence-electron chi connectivity index (χ3n) is 2.29. The number of rotatable bonds is 9. The average Bonchev–Trinajstić information content (AvgIpc) is 2.17. The summed E-state index contributed by atoms with van der Waals surface area (Å²) in [5.74, 6) is 0.235. The van der Waals surface area contributed by atoms with Gasteiger partial charge >= 0.3 is 0 Å². The Morgan fingerprint density at radius 2 is 1.73 bits per heavy atom. The highest BCUT2D eigenvalue weighted by Gasteiger charge is 2.01. The Morgan fingerprint density at radius 1 is 1.00 bits per heavy atom. The number of ketones is 1. The van der Waals surface area contributed by atoms with Crippen molar-refractivity contribution in [3.05, 3.63) is 0 Å². The van der Waals surface area contributed by atoms with Crippen LogP contribution >= 0.6 is 0 Å². The minimum absolute atomic E-state index is 0.0766. The molecule has 0 fully saturated rings. The summed E-state index contributed by atoms with van der Waals surface area (Å²) in [4.78, 5) is 21.9. The smallest absolute Gasteiger partial charge is 0.220 e. The first kappa shape index (κ1) is 14.1. The Labute approximate surface area is 92.6 Å². The summed E-state index contributed by atoms with van der Waals surface area (Å²) in [5.41, 5.74) is 0. The zero-order valence-corrected chi connectivity index (χ0v) is 9.97. The van der Waals surface area contributed by atoms with Crippen molar-refractivity contribution in [1.82, 2.24) is 5.32 Å². The SMILES string of the molecule is CCCCCCNC(=O)CCCC(C)=O. The van der Waals surface area contributed by atoms with Gasteiger partial charge in [-0.1, -0.05) is 26.2 Å². The van der Waals surface area contributed by atoms with Gasteiger partial charge in [0.15, 0.2) is 0 Å². The minimum atomic E-state index is 0.0766. The van der Waals surface area contributed by atoms with E-state index in [9.17, 15) is 9.59 Å². The Hall–Kier alpha value is -0.860. The fourth-order valence-corrected chi connectivity index (χ4v) is 1.37. The number of carbonyl (C=O) groups excluding carboxylic acids is 2. The Morgan fingerprint density at radius 3 is 2.33 bits per heavy atom. The summed E-state index contributed by atoms with van der Waals surface area (Å²) in [7, 11) is 0. The van der Waals surface area contributed by atoms with Crippen molar-refractivity contribution >= 4 is 11.7 Å². The van der Waals surface area contributed by atoms with Gasteiger partial charge in [0.05, 0.1) is 0 Å². The van der Waals surface area contributed by atoms with E-state index in [2.05, 4.69) is 12.2 Å². The molecule has 0 spiro atoms. The van der Waals surface area contributed by atoms with Crippen molar-refractivity contribution in [3.63, 3.8) is 0 Å². The van der Waals surface area contributed by atoms with Gasteiger partial charge in [-0.25, -0.2) is 0 Å². The van der Waals surface area contributed by atoms with Crippen molar-refractivity contribution in [2.45, 2.75) is 58.8 Å². The number of Topliss-reactive ketones (excluding diaryl/α,β-unsaturated/α-hetero) is 1. The summed E-state index contributed by atoms with van der Waals surface area (Å²) in [6, 6.07) is 0. The summed E-state index contributed by atoms with van der Waals surface area (Å²) in [6.07, 6.45) is 6.37. The van der Waals surface area contributed by atoms with E-state index in [1.54, 1.807) is 6.92 Å². The van der Waals surface area contributed by atoms with E-state index in [4.69, 9.17) is 0 Å². The molecule has 88 valence electrons. The molecule has 0 aromatic rings. The van der Waals surface area contributed by atoms with Crippen LogP contribution in [-0.2, 0) is 9.59 Å². The lowest BCUT2D eigenvalue weighted by atomic mass is 10.2. The Bertz CT molecular complexity index is 190. The van der Waals surface area contributed by atoms with Crippen LogP contribution in [0.1, 0.15) is 58.8 Å². The van der Waals surface area contributed by atoms with Crippen LogP contribution in [0.3, 0.4) is 0 Å². The molecule has 0 aliphatic carbocycles. The van der Waals surface area contributed by atoms with Crippen molar-refractivity contribution in [1.29, 1.82) is 0 Å². The number of hydrogen-bond donors (Lipinski definition) is 1. The topological polar surface area (TPSA) is 46.2 Å². The lowest BCUT2D eigenvalue weighted by molar-refractivity contribution is -0.121. The van der Waals surface area contributed by atoms with Gasteiger partial charge in [0.25, 0.3) is 0 Å². The van der Waals surface area contributed by atoms with Gasteiger partial charge in [-0.05, 0) is 19.8 Å². The van der Waals surface area contributed by atoms with Gasteiger partial charge in [-0.2, -0.15) is 0 Å². The quantitative estimate of drug-likeness (QED) is 0.598. The van der Waals surface area contributed by atoms with Crippen LogP contribution in [0.5, 0.6) is 0 Å². The molecule has 0 aromatic carbocycles. The standard InChI is InChI=1S/C12H23NO2/c1-3-4-5-6-10-13-12(15)9-7-8-11(2)14/h3-10H2,1-2H3,(H,13,15). The highest BCUT2D eigenvalue weighted by Crippen LogP contribution is 1.98. The lowest BCUT2D eigenvalue weighted by Gasteiger charge is -2.03. The van der Waals surface area contributed by atoms with Crippen molar-refractivity contribution in [2.75, 3.05) is 6.54 Å². The zero-order chi connectivity index (χ0) is 11.5. The Balaban J connectivity index is 3.22. The molecule has 3 heteroatoms. The molecule has 0 unspecified atom stereocenters. The van der Waals surface area contributed by atoms with E-state index in [0.717, 1.165) is 13.0 Å². The molecule has 0 atom stereocenters. The van der Waals surface area contributed by atoms with Gasteiger partial charge in [0, 0.05) is 19.4 Å². The molecule has 0 aliphatic rings. The van der Waals surface area contributed by atoms with Gasteiger partial charge in [-0.15, -0.1) is 0 Å². The van der Waals surface area contributed by atoms with Crippen molar-refractivity contribution in [2.24, 2.45) is 0 Å². The first-order valence-electron chi connectivity index (χ1n) is 5.93. The maximum Gasteiger partial charge on any atom is 0.220 e. The molecule has 0 radical (unpaired) electrons. The molecule has 0 heterocycles. The molecule has 1 N–H and O–H groups in total. The van der Waals surface area contributed by atoms with Crippen LogP contribution in [0.2, 0.25) is 0 Å². The predicted molar refractivity (Wildman–Crippen MR) is 61.7 cm³/mol. The molecule has 0 aromatic heterocycles. The fourth-order valence-electron chi connectivity index (χ4n) is 1.37. The molecule has 1 amide bonds. The van der Waals surface area contributed by atoms with Gasteiger partial charge in [0.1, 0.15) is 5.78 Å². The Kier molecular flexibility index (Phi) is 9.13. The fraction of sp³-hybridized carbons (Fsp3) is 0.833. The van der Waals surface area contributed by atoms with E-state index >= 15 is 0 Å². The van der Waals surface area contributed by atoms with E-state index < -0.39 is 0 Å². The van der Waals surface area contributed by atoms with Crippen molar-refractivity contribution in [3.8, 4) is 0 Å². The molecule has 0 rings (SSSR count). The summed E-state index contributed by atoms with van der Waals surface area (Å²) < 4.78 is 0. The number of nitrogens with one attached hydrogen (secondary N) is 1. The molecular formula is C12H23NO2. The largest absolute Gasteiger partial charge is 0.356 e. The van der Waals surface area contributed by atoms with Crippen LogP contribution < -0.4 is 5.32 Å². The molecule has 0 bridgehead atoms. The zero-order valence-electron chi connectivity index (χ0n) is 9.97. The lowest BCUT2D eigenvalue weighted by Crippen LogP contribution is -2.24. The second kappa shape index (κ2) is 9.69. The van der Waals surface area contributed by atoms with E-state index in [1.165, 1.54) is 19.3 Å². The van der Waals surface area contributed by atoms with E-state index in [1.807, 2.05) is 0 Å². The van der Waals surface area contributed by atoms with E-state index in [0.29, 0.717) is 19.3 Å². The van der Waals surface area contributed by atoms with Gasteiger partial charge in [0.2, 0.25) is 5.91 Å². The second-order valence-electron chi connectivity index (χ2n) is 3.97. The molecule has 0 saturated heterocycles. The van der Waals surface area contributed by atoms with Crippen LogP contribution in [0.25, 0.3) is 0 Å². The van der Waals surface area contributed by atoms with Crippen LogP contribution in [0.4, 0.5) is 0 Å². The van der Waals surface area contributed by atoms with Crippen LogP contribution in [0.15, 0.2) is 0 Å². The van der Waals surface area contributed by atoms with Crippen molar-refractivity contribution < 1.29 is 9.59 Å². The maximum absolute atomic E-state index is 11.2. The second-order valence-corrected chi connectivity index (χ2v) is 3.97. The van der Waals surface area contributed by atoms with E-state index in [-0.39, 0.29) is 11.7 Å². The summed E-state index contributed by atoms with van der Waals surface area (Å²) in [6.45, 7) is 4.50. The monoisotopic (exact) mass is 213 g/mol. The molecule has 0 aliphatic heterocycles. The minimum Gasteiger partial charge on any atom is -0.356 e. The molecule has 15 heavy (non-hydrogen) atoms. The highest BCUT2D eigenvalue weighted by molar-refractivity contribution is 5.78. The molecule has 0 saturated carbocycles. The third-order valence-corrected chi connectivity index (χ3v) is 2.29. The average molecular weight is 213 g/mol. The molecule has 3 nitrogen and oxygen atoms in total. The highest BCUT2D eigenvalue weighted by atomic mass is 16.1. The number of carbonyl (C=O) groups is 2. The van der Waals surface area contributed by atoms with Gasteiger partial charge < -0.3 is 10.1 Å². The first-order valence-corrected chi connectivity index (χ1v) is 5.93. The summed E-state index contributed by atoms with van der Waals surface area (Å²) >= 11 is 0. The van der Waals surface area contributed by atoms with Crippen LogP contribution in [0, 0.1) is 0 Å². The number of hydrogen-bond acceptors (Lipinski definition) is 2.